The van der Waals surface area contributed by atoms with Crippen molar-refractivity contribution in [1.82, 2.24) is 10.2 Å². The summed E-state index contributed by atoms with van der Waals surface area (Å²) in [5, 5.41) is 6.13. The molecular weight excluding hydrogens is 378 g/mol. The summed E-state index contributed by atoms with van der Waals surface area (Å²) < 4.78 is 0. The number of rotatable bonds is 2. The summed E-state index contributed by atoms with van der Waals surface area (Å²) >= 11 is 5.90. The lowest BCUT2D eigenvalue weighted by Crippen LogP contribution is -2.48. The SMILES string of the molecule is CNC(=O)c1ccc2c(c1)C1(CCN(C(=O)c3ccc(Cl)cc3)CC1)C(=O)N2. The van der Waals surface area contributed by atoms with Crippen molar-refractivity contribution in [3.63, 3.8) is 0 Å². The van der Waals surface area contributed by atoms with Gasteiger partial charge in [0.1, 0.15) is 0 Å². The zero-order valence-corrected chi connectivity index (χ0v) is 16.2. The van der Waals surface area contributed by atoms with E-state index in [4.69, 9.17) is 11.6 Å². The zero-order valence-electron chi connectivity index (χ0n) is 15.4. The zero-order chi connectivity index (χ0) is 19.9. The third-order valence-corrected chi connectivity index (χ3v) is 5.95. The Hall–Kier alpha value is -2.86. The molecule has 4 rings (SSSR count). The molecule has 2 heterocycles. The molecule has 6 nitrogen and oxygen atoms in total. The Morgan fingerprint density at radius 2 is 1.71 bits per heavy atom. The molecular formula is C21H20ClN3O3. The monoisotopic (exact) mass is 397 g/mol. The summed E-state index contributed by atoms with van der Waals surface area (Å²) in [6, 6.07) is 12.1. The second kappa shape index (κ2) is 6.95. The highest BCUT2D eigenvalue weighted by molar-refractivity contribution is 6.30. The number of fused-ring (bicyclic) bond motifs is 2. The van der Waals surface area contributed by atoms with Crippen molar-refractivity contribution in [3.05, 3.63) is 64.2 Å². The average molecular weight is 398 g/mol. The maximum absolute atomic E-state index is 12.8. The topological polar surface area (TPSA) is 78.5 Å². The van der Waals surface area contributed by atoms with Crippen LogP contribution < -0.4 is 10.6 Å². The van der Waals surface area contributed by atoms with Gasteiger partial charge in [0, 0.05) is 42.0 Å². The van der Waals surface area contributed by atoms with E-state index < -0.39 is 5.41 Å². The van der Waals surface area contributed by atoms with Gasteiger partial charge in [-0.3, -0.25) is 14.4 Å². The van der Waals surface area contributed by atoms with Crippen molar-refractivity contribution in [2.75, 3.05) is 25.5 Å². The maximum atomic E-state index is 12.8. The van der Waals surface area contributed by atoms with Gasteiger partial charge in [-0.25, -0.2) is 0 Å². The fourth-order valence-electron chi connectivity index (χ4n) is 4.06. The van der Waals surface area contributed by atoms with Crippen LogP contribution in [0.25, 0.3) is 0 Å². The van der Waals surface area contributed by atoms with Crippen molar-refractivity contribution in [3.8, 4) is 0 Å². The average Bonchev–Trinajstić information content (AvgIpc) is 2.99. The fraction of sp³-hybridized carbons (Fsp3) is 0.286. The number of anilines is 1. The highest BCUT2D eigenvalue weighted by Crippen LogP contribution is 2.45. The molecule has 1 fully saturated rings. The van der Waals surface area contributed by atoms with Crippen LogP contribution in [0.15, 0.2) is 42.5 Å². The van der Waals surface area contributed by atoms with Crippen LogP contribution >= 0.6 is 11.6 Å². The largest absolute Gasteiger partial charge is 0.355 e. The lowest BCUT2D eigenvalue weighted by molar-refractivity contribution is -0.122. The predicted molar refractivity (Wildman–Crippen MR) is 107 cm³/mol. The molecule has 0 unspecified atom stereocenters. The molecule has 0 aromatic heterocycles. The molecule has 2 aromatic carbocycles. The van der Waals surface area contributed by atoms with Crippen LogP contribution in [0.2, 0.25) is 5.02 Å². The molecule has 28 heavy (non-hydrogen) atoms. The Labute approximate surface area is 167 Å². The number of benzene rings is 2. The van der Waals surface area contributed by atoms with Gasteiger partial charge in [-0.1, -0.05) is 11.6 Å². The van der Waals surface area contributed by atoms with E-state index in [1.807, 2.05) is 0 Å². The minimum absolute atomic E-state index is 0.0600. The molecule has 2 N–H and O–H groups in total. The van der Waals surface area contributed by atoms with Crippen LogP contribution in [-0.2, 0) is 10.2 Å². The van der Waals surface area contributed by atoms with Crippen LogP contribution in [0.1, 0.15) is 39.1 Å². The third-order valence-electron chi connectivity index (χ3n) is 5.70. The van der Waals surface area contributed by atoms with Crippen LogP contribution in [0.4, 0.5) is 5.69 Å². The van der Waals surface area contributed by atoms with Gasteiger partial charge in [0.15, 0.2) is 0 Å². The molecule has 7 heteroatoms. The molecule has 2 aromatic rings. The van der Waals surface area contributed by atoms with Crippen molar-refractivity contribution < 1.29 is 14.4 Å². The highest BCUT2D eigenvalue weighted by Gasteiger charge is 2.49. The van der Waals surface area contributed by atoms with Crippen LogP contribution in [0, 0.1) is 0 Å². The normalized spacial score (nSPS) is 17.2. The van der Waals surface area contributed by atoms with Gasteiger partial charge in [0.05, 0.1) is 5.41 Å². The van der Waals surface area contributed by atoms with Crippen molar-refractivity contribution in [2.45, 2.75) is 18.3 Å². The standard InChI is InChI=1S/C21H20ClN3O3/c1-23-18(26)14-4-7-17-16(12-14)21(20(28)24-17)8-10-25(11-9-21)19(27)13-2-5-15(22)6-3-13/h2-7,12H,8-11H2,1H3,(H,23,26)(H,24,28). The van der Waals surface area contributed by atoms with E-state index in [9.17, 15) is 14.4 Å². The summed E-state index contributed by atoms with van der Waals surface area (Å²) in [5.74, 6) is -0.313. The lowest BCUT2D eigenvalue weighted by Gasteiger charge is -2.38. The second-order valence-corrected chi connectivity index (χ2v) is 7.61. The summed E-state index contributed by atoms with van der Waals surface area (Å²) in [7, 11) is 1.58. The Bertz CT molecular complexity index is 963. The van der Waals surface area contributed by atoms with Crippen LogP contribution in [0.3, 0.4) is 0 Å². The number of nitrogens with zero attached hydrogens (tertiary/aromatic N) is 1. The highest BCUT2D eigenvalue weighted by atomic mass is 35.5. The number of likely N-dealkylation sites (tertiary alicyclic amines) is 1. The molecule has 0 atom stereocenters. The minimum atomic E-state index is -0.698. The van der Waals surface area contributed by atoms with E-state index in [1.54, 1.807) is 54.4 Å². The van der Waals surface area contributed by atoms with Gasteiger partial charge in [-0.15, -0.1) is 0 Å². The lowest BCUT2D eigenvalue weighted by atomic mass is 9.73. The van der Waals surface area contributed by atoms with Crippen molar-refractivity contribution in [1.29, 1.82) is 0 Å². The summed E-state index contributed by atoms with van der Waals surface area (Å²) in [5.41, 5.74) is 2.00. The van der Waals surface area contributed by atoms with Gasteiger partial charge >= 0.3 is 0 Å². The van der Waals surface area contributed by atoms with E-state index in [-0.39, 0.29) is 17.7 Å². The molecule has 2 aliphatic heterocycles. The molecule has 144 valence electrons. The fourth-order valence-corrected chi connectivity index (χ4v) is 4.19. The first-order chi connectivity index (χ1) is 13.4. The molecule has 1 saturated heterocycles. The van der Waals surface area contributed by atoms with Gasteiger partial charge in [-0.2, -0.15) is 0 Å². The Balaban J connectivity index is 1.57. The van der Waals surface area contributed by atoms with E-state index in [0.717, 1.165) is 11.3 Å². The van der Waals surface area contributed by atoms with E-state index in [2.05, 4.69) is 10.6 Å². The number of nitrogens with one attached hydrogen (secondary N) is 2. The predicted octanol–water partition coefficient (Wildman–Crippen LogP) is 2.83. The molecule has 0 radical (unpaired) electrons. The summed E-state index contributed by atoms with van der Waals surface area (Å²) in [4.78, 5) is 39.3. The van der Waals surface area contributed by atoms with Crippen LogP contribution in [0.5, 0.6) is 0 Å². The maximum Gasteiger partial charge on any atom is 0.253 e. The first-order valence-electron chi connectivity index (χ1n) is 9.17. The number of carbonyl (C=O) groups excluding carboxylic acids is 3. The number of hydrogen-bond donors (Lipinski definition) is 2. The summed E-state index contributed by atoms with van der Waals surface area (Å²) in [6.07, 6.45) is 1.03. The van der Waals surface area contributed by atoms with Crippen LogP contribution in [-0.4, -0.2) is 42.8 Å². The van der Waals surface area contributed by atoms with Gasteiger partial charge in [0.25, 0.3) is 11.8 Å². The summed E-state index contributed by atoms with van der Waals surface area (Å²) in [6.45, 7) is 0.942. The number of halogens is 1. The van der Waals surface area contributed by atoms with E-state index in [0.29, 0.717) is 42.1 Å². The molecule has 1 spiro atoms. The first-order valence-corrected chi connectivity index (χ1v) is 9.55. The van der Waals surface area contributed by atoms with Crippen molar-refractivity contribution in [2.24, 2.45) is 0 Å². The molecule has 0 aliphatic carbocycles. The number of hydrogen-bond acceptors (Lipinski definition) is 3. The van der Waals surface area contributed by atoms with Gasteiger partial charge < -0.3 is 15.5 Å². The molecule has 2 aliphatic rings. The minimum Gasteiger partial charge on any atom is -0.355 e. The van der Waals surface area contributed by atoms with E-state index >= 15 is 0 Å². The molecule has 0 saturated carbocycles. The number of piperidine rings is 1. The first kappa shape index (κ1) is 18.5. The third kappa shape index (κ3) is 2.94. The molecule has 0 bridgehead atoms. The second-order valence-electron chi connectivity index (χ2n) is 7.17. The number of carbonyl (C=O) groups is 3. The Kier molecular flexibility index (Phi) is 4.59. The molecule has 3 amide bonds. The number of amides is 3. The van der Waals surface area contributed by atoms with Gasteiger partial charge in [-0.05, 0) is 60.9 Å². The quantitative estimate of drug-likeness (QED) is 0.817. The van der Waals surface area contributed by atoms with Crippen molar-refractivity contribution >= 4 is 35.0 Å². The Morgan fingerprint density at radius 1 is 1.07 bits per heavy atom. The van der Waals surface area contributed by atoms with E-state index in [1.165, 1.54) is 0 Å². The Morgan fingerprint density at radius 3 is 2.36 bits per heavy atom. The van der Waals surface area contributed by atoms with Gasteiger partial charge in [0.2, 0.25) is 5.91 Å². The smallest absolute Gasteiger partial charge is 0.253 e.